The summed E-state index contributed by atoms with van der Waals surface area (Å²) in [5.74, 6) is 0.447. The molecule has 0 atom stereocenters. The minimum atomic E-state index is -2.55. The van der Waals surface area contributed by atoms with Crippen molar-refractivity contribution in [3.63, 3.8) is 0 Å². The molecule has 1 heterocycles. The lowest BCUT2D eigenvalue weighted by Gasteiger charge is -2.28. The van der Waals surface area contributed by atoms with Crippen molar-refractivity contribution in [3.8, 4) is 0 Å². The van der Waals surface area contributed by atoms with Gasteiger partial charge in [0.15, 0.2) is 0 Å². The molecule has 134 valence electrons. The quantitative estimate of drug-likeness (QED) is 0.763. The fourth-order valence-electron chi connectivity index (χ4n) is 2.95. The third-order valence-electron chi connectivity index (χ3n) is 4.43. The van der Waals surface area contributed by atoms with E-state index < -0.39 is 13.0 Å². The Morgan fingerprint density at radius 2 is 2.00 bits per heavy atom. The molecular weight excluding hydrogens is 316 g/mol. The maximum Gasteiger partial charge on any atom is 0.255 e. The number of hydrogen-bond acceptors (Lipinski definition) is 5. The van der Waals surface area contributed by atoms with Crippen molar-refractivity contribution in [1.29, 1.82) is 0 Å². The summed E-state index contributed by atoms with van der Waals surface area (Å²) in [7, 11) is 1.45. The van der Waals surface area contributed by atoms with Crippen LogP contribution in [0.2, 0.25) is 0 Å². The Morgan fingerprint density at radius 3 is 2.58 bits per heavy atom. The molecule has 5 N–H and O–H groups in total. The zero-order valence-electron chi connectivity index (χ0n) is 14.1. The number of nitrogens with two attached hydrogens (primary N) is 2. The van der Waals surface area contributed by atoms with Gasteiger partial charge < -0.3 is 21.7 Å². The van der Waals surface area contributed by atoms with Crippen LogP contribution in [-0.2, 0) is 0 Å². The molecule has 1 aliphatic carbocycles. The fraction of sp³-hybridized carbons (Fsp3) is 0.625. The van der Waals surface area contributed by atoms with E-state index in [9.17, 15) is 13.6 Å². The van der Waals surface area contributed by atoms with E-state index in [2.05, 4.69) is 17.2 Å². The molecule has 0 aliphatic heterocycles. The van der Waals surface area contributed by atoms with Gasteiger partial charge in [-0.15, -0.1) is 0 Å². The molecule has 0 aromatic carbocycles. The molecule has 0 bridgehead atoms. The number of rotatable bonds is 5. The van der Waals surface area contributed by atoms with E-state index in [1.165, 1.54) is 18.0 Å². The van der Waals surface area contributed by atoms with Gasteiger partial charge in [0.25, 0.3) is 12.3 Å². The van der Waals surface area contributed by atoms with Crippen LogP contribution in [-0.4, -0.2) is 37.0 Å². The number of alkyl halides is 2. The molecular formula is C16H25F2N5O. The van der Waals surface area contributed by atoms with Gasteiger partial charge in [0, 0.05) is 13.1 Å². The van der Waals surface area contributed by atoms with Crippen molar-refractivity contribution in [2.75, 3.05) is 30.0 Å². The van der Waals surface area contributed by atoms with Gasteiger partial charge in [-0.05, 0) is 37.7 Å². The monoisotopic (exact) mass is 341 g/mol. The number of aromatic nitrogens is 1. The molecule has 0 unspecified atom stereocenters. The maximum atomic E-state index is 12.7. The smallest absolute Gasteiger partial charge is 0.255 e. The highest BCUT2D eigenvalue weighted by Gasteiger charge is 2.24. The highest BCUT2D eigenvalue weighted by molar-refractivity contribution is 6.00. The first-order valence-electron chi connectivity index (χ1n) is 8.14. The predicted octanol–water partition coefficient (Wildman–Crippen LogP) is 2.26. The molecule has 1 fully saturated rings. The van der Waals surface area contributed by atoms with Crippen LogP contribution < -0.4 is 21.7 Å². The largest absolute Gasteiger partial charge is 0.396 e. The lowest BCUT2D eigenvalue weighted by atomic mass is 9.87. The summed E-state index contributed by atoms with van der Waals surface area (Å²) < 4.78 is 25.3. The minimum Gasteiger partial charge on any atom is -0.396 e. The summed E-state index contributed by atoms with van der Waals surface area (Å²) in [6.07, 6.45) is 1.39. The molecule has 1 saturated carbocycles. The average Bonchev–Trinajstić information content (AvgIpc) is 2.51. The second-order valence-corrected chi connectivity index (χ2v) is 6.54. The Labute approximate surface area is 140 Å². The fourth-order valence-corrected chi connectivity index (χ4v) is 2.95. The Morgan fingerprint density at radius 1 is 1.38 bits per heavy atom. The third kappa shape index (κ3) is 4.46. The summed E-state index contributed by atoms with van der Waals surface area (Å²) in [5, 5.41) is 2.96. The molecule has 0 radical (unpaired) electrons. The van der Waals surface area contributed by atoms with Crippen LogP contribution in [0.4, 0.5) is 26.1 Å². The van der Waals surface area contributed by atoms with Gasteiger partial charge in [0.05, 0.1) is 17.8 Å². The van der Waals surface area contributed by atoms with Gasteiger partial charge in [-0.1, -0.05) is 6.92 Å². The topological polar surface area (TPSA) is 97.3 Å². The summed E-state index contributed by atoms with van der Waals surface area (Å²) >= 11 is 0. The molecule has 1 aromatic heterocycles. The van der Waals surface area contributed by atoms with E-state index in [1.807, 2.05) is 0 Å². The Balaban J connectivity index is 2.20. The van der Waals surface area contributed by atoms with Crippen molar-refractivity contribution in [2.45, 2.75) is 45.1 Å². The third-order valence-corrected chi connectivity index (χ3v) is 4.43. The standard InChI is InChI=1S/C16H25F2N5O/c1-9-3-5-10(6-4-9)21-16(24)11-7-12(19)14(20)22-15(11)23(2)8-13(17)18/h7,9-10,13H,3-6,8,19H2,1-2H3,(H2,20,22)(H,21,24)/t9-,10-. The molecule has 1 amide bonds. The number of nitrogen functional groups attached to an aromatic ring is 2. The van der Waals surface area contributed by atoms with Gasteiger partial charge in [-0.25, -0.2) is 13.8 Å². The van der Waals surface area contributed by atoms with Crippen LogP contribution in [0.15, 0.2) is 6.07 Å². The van der Waals surface area contributed by atoms with Gasteiger partial charge in [-0.2, -0.15) is 0 Å². The molecule has 2 rings (SSSR count). The van der Waals surface area contributed by atoms with Crippen molar-refractivity contribution in [3.05, 3.63) is 11.6 Å². The van der Waals surface area contributed by atoms with Crippen molar-refractivity contribution < 1.29 is 13.6 Å². The van der Waals surface area contributed by atoms with Crippen molar-refractivity contribution in [1.82, 2.24) is 10.3 Å². The lowest BCUT2D eigenvalue weighted by Crippen LogP contribution is -2.38. The Hall–Kier alpha value is -2.12. The first kappa shape index (κ1) is 18.2. The van der Waals surface area contributed by atoms with Crippen LogP contribution in [0.25, 0.3) is 0 Å². The van der Waals surface area contributed by atoms with Crippen molar-refractivity contribution in [2.24, 2.45) is 5.92 Å². The van der Waals surface area contributed by atoms with E-state index in [-0.39, 0.29) is 34.8 Å². The zero-order chi connectivity index (χ0) is 17.9. The molecule has 0 spiro atoms. The van der Waals surface area contributed by atoms with Gasteiger partial charge in [0.2, 0.25) is 0 Å². The van der Waals surface area contributed by atoms with E-state index in [0.29, 0.717) is 5.92 Å². The Bertz CT molecular complexity index is 588. The van der Waals surface area contributed by atoms with Crippen LogP contribution in [0.5, 0.6) is 0 Å². The number of nitrogens with zero attached hydrogens (tertiary/aromatic N) is 2. The number of nitrogens with one attached hydrogen (secondary N) is 1. The SMILES string of the molecule is CN(CC(F)F)c1nc(N)c(N)cc1C(=O)N[C@H]1CC[C@H](C)CC1. The van der Waals surface area contributed by atoms with Crippen LogP contribution in [0.3, 0.4) is 0 Å². The molecule has 8 heteroatoms. The molecule has 1 aliphatic rings. The second kappa shape index (κ2) is 7.63. The summed E-state index contributed by atoms with van der Waals surface area (Å²) in [5.41, 5.74) is 11.8. The molecule has 24 heavy (non-hydrogen) atoms. The number of amides is 1. The van der Waals surface area contributed by atoms with Crippen LogP contribution in [0, 0.1) is 5.92 Å². The molecule has 6 nitrogen and oxygen atoms in total. The number of pyridine rings is 1. The number of anilines is 3. The van der Waals surface area contributed by atoms with E-state index in [1.54, 1.807) is 0 Å². The number of hydrogen-bond donors (Lipinski definition) is 3. The van der Waals surface area contributed by atoms with Crippen molar-refractivity contribution >= 4 is 23.2 Å². The summed E-state index contributed by atoms with van der Waals surface area (Å²) in [6.45, 7) is 1.65. The minimum absolute atomic E-state index is 0.0224. The van der Waals surface area contributed by atoms with E-state index in [4.69, 9.17) is 11.5 Å². The highest BCUT2D eigenvalue weighted by atomic mass is 19.3. The number of carbonyl (C=O) groups is 1. The van der Waals surface area contributed by atoms with Gasteiger partial charge in [0.1, 0.15) is 11.6 Å². The highest BCUT2D eigenvalue weighted by Crippen LogP contribution is 2.27. The summed E-state index contributed by atoms with van der Waals surface area (Å²) in [4.78, 5) is 17.9. The van der Waals surface area contributed by atoms with Crippen LogP contribution in [0.1, 0.15) is 43.0 Å². The maximum absolute atomic E-state index is 12.7. The first-order valence-corrected chi connectivity index (χ1v) is 8.14. The van der Waals surface area contributed by atoms with E-state index in [0.717, 1.165) is 25.7 Å². The molecule has 0 saturated heterocycles. The number of halogens is 2. The van der Waals surface area contributed by atoms with Crippen LogP contribution >= 0.6 is 0 Å². The normalized spacial score (nSPS) is 20.9. The van der Waals surface area contributed by atoms with Gasteiger partial charge >= 0.3 is 0 Å². The van der Waals surface area contributed by atoms with Gasteiger partial charge in [-0.3, -0.25) is 4.79 Å². The first-order chi connectivity index (χ1) is 11.3. The average molecular weight is 341 g/mol. The predicted molar refractivity (Wildman–Crippen MR) is 91.2 cm³/mol. The lowest BCUT2D eigenvalue weighted by molar-refractivity contribution is 0.0922. The Kier molecular flexibility index (Phi) is 5.80. The molecule has 1 aromatic rings. The van der Waals surface area contributed by atoms with E-state index >= 15 is 0 Å². The number of carbonyl (C=O) groups excluding carboxylic acids is 1. The zero-order valence-corrected chi connectivity index (χ0v) is 14.1. The summed E-state index contributed by atoms with van der Waals surface area (Å²) in [6, 6.07) is 1.49. The second-order valence-electron chi connectivity index (χ2n) is 6.54.